The molecule has 0 radical (unpaired) electrons. The summed E-state index contributed by atoms with van der Waals surface area (Å²) in [6.07, 6.45) is -0.283. The predicted molar refractivity (Wildman–Crippen MR) is 74.7 cm³/mol. The Morgan fingerprint density at radius 1 is 1.15 bits per heavy atom. The Morgan fingerprint density at radius 3 is 2.45 bits per heavy atom. The van der Waals surface area contributed by atoms with E-state index >= 15 is 0 Å². The molecule has 2 N–H and O–H groups in total. The van der Waals surface area contributed by atoms with Gasteiger partial charge in [-0.25, -0.2) is 9.97 Å². The summed E-state index contributed by atoms with van der Waals surface area (Å²) in [6.45, 7) is 4.75. The van der Waals surface area contributed by atoms with Crippen LogP contribution in [0.3, 0.4) is 0 Å². The van der Waals surface area contributed by atoms with Crippen LogP contribution in [0, 0.1) is 13.8 Å². The van der Waals surface area contributed by atoms with Crippen LogP contribution in [0.1, 0.15) is 28.9 Å². The third-order valence-electron chi connectivity index (χ3n) is 3.44. The third kappa shape index (κ3) is 2.20. The van der Waals surface area contributed by atoms with E-state index in [1.807, 2.05) is 38.1 Å². The molecule has 2 aromatic rings. The van der Waals surface area contributed by atoms with E-state index in [4.69, 9.17) is 15.2 Å². The normalized spacial score (nSPS) is 17.1. The average molecular weight is 271 g/mol. The highest BCUT2D eigenvalue weighted by molar-refractivity contribution is 5.41. The lowest BCUT2D eigenvalue weighted by atomic mass is 10.1. The topological polar surface area (TPSA) is 70.3 Å². The van der Waals surface area contributed by atoms with Crippen molar-refractivity contribution in [1.29, 1.82) is 0 Å². The number of aryl methyl sites for hydroxylation is 2. The standard InChI is InChI=1S/C15H17N3O2/c1-9-11(7-16)10(2)18-15(17-9)14-8-19-12-5-3-4-6-13(12)20-14/h3-6,14H,7-8,16H2,1-2H3. The van der Waals surface area contributed by atoms with Crippen molar-refractivity contribution in [1.82, 2.24) is 9.97 Å². The molecule has 0 amide bonds. The van der Waals surface area contributed by atoms with Gasteiger partial charge in [-0.3, -0.25) is 0 Å². The number of hydrogen-bond acceptors (Lipinski definition) is 5. The first-order valence-electron chi connectivity index (χ1n) is 6.61. The molecule has 5 heteroatoms. The van der Waals surface area contributed by atoms with Crippen molar-refractivity contribution in [3.05, 3.63) is 47.0 Å². The number of rotatable bonds is 2. The van der Waals surface area contributed by atoms with Crippen LogP contribution in [0.5, 0.6) is 11.5 Å². The summed E-state index contributed by atoms with van der Waals surface area (Å²) in [5, 5.41) is 0. The maximum atomic E-state index is 5.92. The maximum absolute atomic E-state index is 5.92. The lowest BCUT2D eigenvalue weighted by Gasteiger charge is -2.26. The lowest BCUT2D eigenvalue weighted by molar-refractivity contribution is 0.0847. The second kappa shape index (κ2) is 5.09. The van der Waals surface area contributed by atoms with E-state index in [0.717, 1.165) is 28.5 Å². The molecule has 3 rings (SSSR count). The van der Waals surface area contributed by atoms with Gasteiger partial charge in [0.05, 0.1) is 0 Å². The minimum Gasteiger partial charge on any atom is -0.485 e. The van der Waals surface area contributed by atoms with Crippen LogP contribution in [0.15, 0.2) is 24.3 Å². The smallest absolute Gasteiger partial charge is 0.192 e. The van der Waals surface area contributed by atoms with Crippen LogP contribution in [0.2, 0.25) is 0 Å². The molecule has 0 fully saturated rings. The van der Waals surface area contributed by atoms with Gasteiger partial charge in [0.15, 0.2) is 23.4 Å². The zero-order chi connectivity index (χ0) is 14.1. The number of para-hydroxylation sites is 2. The summed E-state index contributed by atoms with van der Waals surface area (Å²) in [7, 11) is 0. The van der Waals surface area contributed by atoms with Gasteiger partial charge < -0.3 is 15.2 Å². The highest BCUT2D eigenvalue weighted by atomic mass is 16.6. The Balaban J connectivity index is 1.92. The van der Waals surface area contributed by atoms with Crippen molar-refractivity contribution in [3.8, 4) is 11.5 Å². The molecule has 0 spiro atoms. The van der Waals surface area contributed by atoms with Crippen molar-refractivity contribution in [2.45, 2.75) is 26.5 Å². The molecule has 104 valence electrons. The lowest BCUT2D eigenvalue weighted by Crippen LogP contribution is -2.24. The zero-order valence-electron chi connectivity index (χ0n) is 11.6. The van der Waals surface area contributed by atoms with Gasteiger partial charge in [0.1, 0.15) is 6.61 Å². The molecular weight excluding hydrogens is 254 g/mol. The zero-order valence-corrected chi connectivity index (χ0v) is 11.6. The highest BCUT2D eigenvalue weighted by Crippen LogP contribution is 2.35. The Morgan fingerprint density at radius 2 is 1.80 bits per heavy atom. The number of fused-ring (bicyclic) bond motifs is 1. The van der Waals surface area contributed by atoms with Crippen LogP contribution >= 0.6 is 0 Å². The van der Waals surface area contributed by atoms with Crippen molar-refractivity contribution < 1.29 is 9.47 Å². The molecule has 1 unspecified atom stereocenters. The number of ether oxygens (including phenoxy) is 2. The minimum absolute atomic E-state index is 0.283. The second-order valence-electron chi connectivity index (χ2n) is 4.80. The molecule has 0 aliphatic carbocycles. The van der Waals surface area contributed by atoms with Gasteiger partial charge in [0.2, 0.25) is 0 Å². The molecule has 1 aromatic heterocycles. The fourth-order valence-electron chi connectivity index (χ4n) is 2.35. The summed E-state index contributed by atoms with van der Waals surface area (Å²) in [5.74, 6) is 2.13. The maximum Gasteiger partial charge on any atom is 0.192 e. The fraction of sp³-hybridized carbons (Fsp3) is 0.333. The van der Waals surface area contributed by atoms with Gasteiger partial charge in [0.25, 0.3) is 0 Å². The largest absolute Gasteiger partial charge is 0.485 e. The Labute approximate surface area is 117 Å². The number of aromatic nitrogens is 2. The number of nitrogens with two attached hydrogens (primary N) is 1. The van der Waals surface area contributed by atoms with Crippen LogP contribution in [0.4, 0.5) is 0 Å². The van der Waals surface area contributed by atoms with E-state index in [2.05, 4.69) is 9.97 Å². The van der Waals surface area contributed by atoms with Crippen molar-refractivity contribution >= 4 is 0 Å². The van der Waals surface area contributed by atoms with E-state index in [1.54, 1.807) is 0 Å². The first-order valence-corrected chi connectivity index (χ1v) is 6.61. The molecule has 1 aliphatic rings. The number of nitrogens with zero attached hydrogens (tertiary/aromatic N) is 2. The summed E-state index contributed by atoms with van der Waals surface area (Å²) in [5.41, 5.74) is 8.50. The third-order valence-corrected chi connectivity index (χ3v) is 3.44. The SMILES string of the molecule is Cc1nc(C2COc3ccccc3O2)nc(C)c1CN. The Hall–Kier alpha value is -2.14. The fourth-order valence-corrected chi connectivity index (χ4v) is 2.35. The monoisotopic (exact) mass is 271 g/mol. The quantitative estimate of drug-likeness (QED) is 0.905. The van der Waals surface area contributed by atoms with Gasteiger partial charge in [0, 0.05) is 23.5 Å². The summed E-state index contributed by atoms with van der Waals surface area (Å²) in [4.78, 5) is 9.01. The summed E-state index contributed by atoms with van der Waals surface area (Å²) >= 11 is 0. The first kappa shape index (κ1) is 12.9. The molecule has 1 aliphatic heterocycles. The van der Waals surface area contributed by atoms with Crippen LogP contribution in [-0.2, 0) is 6.54 Å². The molecule has 1 aromatic carbocycles. The number of benzene rings is 1. The Kier molecular flexibility index (Phi) is 3.28. The number of hydrogen-bond donors (Lipinski definition) is 1. The van der Waals surface area contributed by atoms with E-state index in [1.165, 1.54) is 0 Å². The van der Waals surface area contributed by atoms with E-state index in [9.17, 15) is 0 Å². The van der Waals surface area contributed by atoms with Gasteiger partial charge in [-0.05, 0) is 26.0 Å². The van der Waals surface area contributed by atoms with Crippen molar-refractivity contribution in [2.75, 3.05) is 6.61 Å². The van der Waals surface area contributed by atoms with Crippen LogP contribution in [-0.4, -0.2) is 16.6 Å². The van der Waals surface area contributed by atoms with Crippen LogP contribution in [0.25, 0.3) is 0 Å². The van der Waals surface area contributed by atoms with Crippen LogP contribution < -0.4 is 15.2 Å². The highest BCUT2D eigenvalue weighted by Gasteiger charge is 2.25. The van der Waals surface area contributed by atoms with Crippen molar-refractivity contribution in [2.24, 2.45) is 5.73 Å². The molecule has 0 saturated heterocycles. The van der Waals surface area contributed by atoms with E-state index in [-0.39, 0.29) is 6.10 Å². The second-order valence-corrected chi connectivity index (χ2v) is 4.80. The Bertz CT molecular complexity index is 620. The molecule has 5 nitrogen and oxygen atoms in total. The molecule has 2 heterocycles. The molecule has 20 heavy (non-hydrogen) atoms. The van der Waals surface area contributed by atoms with E-state index < -0.39 is 0 Å². The summed E-state index contributed by atoms with van der Waals surface area (Å²) in [6, 6.07) is 7.61. The van der Waals surface area contributed by atoms with Crippen molar-refractivity contribution in [3.63, 3.8) is 0 Å². The molecule has 1 atom stereocenters. The first-order chi connectivity index (χ1) is 9.69. The predicted octanol–water partition coefficient (Wildman–Crippen LogP) is 2.06. The average Bonchev–Trinajstić information content (AvgIpc) is 2.46. The van der Waals surface area contributed by atoms with Gasteiger partial charge >= 0.3 is 0 Å². The van der Waals surface area contributed by atoms with Gasteiger partial charge in [-0.15, -0.1) is 0 Å². The molecule has 0 saturated carbocycles. The molecule has 0 bridgehead atoms. The van der Waals surface area contributed by atoms with Gasteiger partial charge in [-0.1, -0.05) is 12.1 Å². The summed E-state index contributed by atoms with van der Waals surface area (Å²) < 4.78 is 11.6. The minimum atomic E-state index is -0.283. The molecular formula is C15H17N3O2. The van der Waals surface area contributed by atoms with E-state index in [0.29, 0.717) is 19.0 Å². The van der Waals surface area contributed by atoms with Gasteiger partial charge in [-0.2, -0.15) is 0 Å².